The first kappa shape index (κ1) is 21.4. The molecule has 1 amide bonds. The molecule has 1 saturated heterocycles. The fourth-order valence-electron chi connectivity index (χ4n) is 3.90. The Morgan fingerprint density at radius 3 is 2.38 bits per heavy atom. The molecule has 1 aliphatic rings. The highest BCUT2D eigenvalue weighted by atomic mass is 32.2. The van der Waals surface area contributed by atoms with Gasteiger partial charge in [0.15, 0.2) is 0 Å². The zero-order chi connectivity index (χ0) is 21.2. The van der Waals surface area contributed by atoms with Gasteiger partial charge < -0.3 is 4.90 Å². The van der Waals surface area contributed by atoms with Gasteiger partial charge in [0.25, 0.3) is 5.92 Å². The second kappa shape index (κ2) is 8.20. The second-order valence-electron chi connectivity index (χ2n) is 7.37. The van der Waals surface area contributed by atoms with Crippen molar-refractivity contribution >= 4 is 15.9 Å². The molecular weight excluding hydrogens is 398 g/mol. The van der Waals surface area contributed by atoms with E-state index >= 15 is 8.78 Å². The molecule has 1 N–H and O–H groups in total. The van der Waals surface area contributed by atoms with Crippen molar-refractivity contribution < 1.29 is 22.0 Å². The van der Waals surface area contributed by atoms with E-state index in [1.54, 1.807) is 12.1 Å². The van der Waals surface area contributed by atoms with Crippen molar-refractivity contribution in [3.63, 3.8) is 0 Å². The highest BCUT2D eigenvalue weighted by Gasteiger charge is 2.52. The van der Waals surface area contributed by atoms with E-state index in [9.17, 15) is 13.2 Å². The maximum atomic E-state index is 15.7. The third kappa shape index (κ3) is 4.82. The number of benzene rings is 2. The third-order valence-electron chi connectivity index (χ3n) is 5.13. The van der Waals surface area contributed by atoms with Crippen molar-refractivity contribution in [2.24, 2.45) is 0 Å². The van der Waals surface area contributed by atoms with Crippen molar-refractivity contribution in [2.75, 3.05) is 12.8 Å². The summed E-state index contributed by atoms with van der Waals surface area (Å²) in [4.78, 5) is 13.2. The Balaban J connectivity index is 2.04. The number of hydrogen-bond donors (Lipinski definition) is 1. The first-order chi connectivity index (χ1) is 13.6. The van der Waals surface area contributed by atoms with Crippen LogP contribution in [0.25, 0.3) is 11.1 Å². The van der Waals surface area contributed by atoms with Crippen molar-refractivity contribution in [1.82, 2.24) is 9.62 Å². The summed E-state index contributed by atoms with van der Waals surface area (Å²) < 4.78 is 57.3. The van der Waals surface area contributed by atoms with Crippen LogP contribution in [-0.4, -0.2) is 44.1 Å². The normalized spacial score (nSPS) is 20.5. The Morgan fingerprint density at radius 1 is 1.10 bits per heavy atom. The zero-order valence-corrected chi connectivity index (χ0v) is 17.1. The Hall–Kier alpha value is -2.32. The summed E-state index contributed by atoms with van der Waals surface area (Å²) in [5, 5.41) is 0. The maximum Gasteiger partial charge on any atom is 0.294 e. The number of nitrogens with one attached hydrogen (secondary N) is 1. The summed E-state index contributed by atoms with van der Waals surface area (Å²) in [5.74, 6) is -3.95. The summed E-state index contributed by atoms with van der Waals surface area (Å²) in [5.41, 5.74) is 1.17. The van der Waals surface area contributed by atoms with Crippen LogP contribution in [0.1, 0.15) is 25.3 Å². The molecule has 2 atom stereocenters. The number of rotatable bonds is 5. The fraction of sp³-hybridized carbons (Fsp3) is 0.381. The lowest BCUT2D eigenvalue weighted by molar-refractivity contribution is -0.151. The van der Waals surface area contributed by atoms with Crippen LogP contribution in [0.2, 0.25) is 0 Å². The van der Waals surface area contributed by atoms with Crippen LogP contribution >= 0.6 is 0 Å². The molecule has 0 aliphatic carbocycles. The Kier molecular flexibility index (Phi) is 6.05. The maximum absolute atomic E-state index is 15.7. The molecule has 2 aromatic carbocycles. The van der Waals surface area contributed by atoms with Gasteiger partial charge in [-0.15, -0.1) is 0 Å². The van der Waals surface area contributed by atoms with E-state index in [0.717, 1.165) is 16.7 Å². The molecule has 156 valence electrons. The molecule has 1 fully saturated rings. The lowest BCUT2D eigenvalue weighted by Crippen LogP contribution is -2.62. The Morgan fingerprint density at radius 2 is 1.76 bits per heavy atom. The number of carbonyl (C=O) groups excluding carboxylic acids is 1. The molecule has 2 aromatic rings. The van der Waals surface area contributed by atoms with Crippen LogP contribution in [0, 0.1) is 0 Å². The van der Waals surface area contributed by atoms with Gasteiger partial charge in [0, 0.05) is 25.1 Å². The van der Waals surface area contributed by atoms with Gasteiger partial charge in [-0.1, -0.05) is 48.5 Å². The number of likely N-dealkylation sites (tertiary alicyclic amines) is 1. The van der Waals surface area contributed by atoms with Gasteiger partial charge in [-0.2, -0.15) is 8.78 Å². The first-order valence-corrected chi connectivity index (χ1v) is 11.3. The minimum Gasteiger partial charge on any atom is -0.332 e. The third-order valence-corrected chi connectivity index (χ3v) is 5.86. The van der Waals surface area contributed by atoms with Gasteiger partial charge in [0.2, 0.25) is 15.9 Å². The van der Waals surface area contributed by atoms with E-state index in [1.165, 1.54) is 19.1 Å². The minimum atomic E-state index is -3.72. The van der Waals surface area contributed by atoms with Gasteiger partial charge in [-0.05, 0) is 30.0 Å². The van der Waals surface area contributed by atoms with Gasteiger partial charge in [-0.25, -0.2) is 13.1 Å². The number of nitrogens with zero attached hydrogens (tertiary/aromatic N) is 1. The van der Waals surface area contributed by atoms with Gasteiger partial charge in [-0.3, -0.25) is 4.79 Å². The molecular formula is C21H24F2N2O3S. The molecule has 29 heavy (non-hydrogen) atoms. The summed E-state index contributed by atoms with van der Waals surface area (Å²) in [6, 6.07) is 12.5. The van der Waals surface area contributed by atoms with Crippen LogP contribution in [0.5, 0.6) is 0 Å². The van der Waals surface area contributed by atoms with E-state index in [0.29, 0.717) is 12.0 Å². The summed E-state index contributed by atoms with van der Waals surface area (Å²) in [7, 11) is -3.72. The van der Waals surface area contributed by atoms with Crippen LogP contribution in [0.15, 0.2) is 54.6 Å². The number of halogens is 2. The predicted molar refractivity (Wildman–Crippen MR) is 108 cm³/mol. The van der Waals surface area contributed by atoms with Crippen molar-refractivity contribution in [3.05, 3.63) is 60.2 Å². The minimum absolute atomic E-state index is 0.163. The zero-order valence-electron chi connectivity index (χ0n) is 16.3. The number of sulfonamides is 1. The number of piperidine rings is 1. The Bertz CT molecular complexity index is 980. The van der Waals surface area contributed by atoms with Gasteiger partial charge >= 0.3 is 0 Å². The lowest BCUT2D eigenvalue weighted by Gasteiger charge is -2.44. The summed E-state index contributed by atoms with van der Waals surface area (Å²) >= 11 is 0. The van der Waals surface area contributed by atoms with E-state index in [1.807, 2.05) is 30.3 Å². The molecule has 0 aromatic heterocycles. The standard InChI is InChI=1S/C21H24F2N2O3S/c1-15(26)25-13-7-12-19(24-29(2,27)28)20(25)21(22,23)18-11-6-10-17(14-18)16-8-4-3-5-9-16/h3-6,8-11,14,19-20,24H,7,12-13H2,1-2H3/t19-,20+/m0/s1. The van der Waals surface area contributed by atoms with Crippen molar-refractivity contribution in [1.29, 1.82) is 0 Å². The van der Waals surface area contributed by atoms with Crippen LogP contribution in [-0.2, 0) is 20.7 Å². The van der Waals surface area contributed by atoms with Crippen molar-refractivity contribution in [3.8, 4) is 11.1 Å². The smallest absolute Gasteiger partial charge is 0.294 e. The molecule has 0 unspecified atom stereocenters. The highest BCUT2D eigenvalue weighted by Crippen LogP contribution is 2.40. The molecule has 5 nitrogen and oxygen atoms in total. The van der Waals surface area contributed by atoms with Gasteiger partial charge in [0.1, 0.15) is 6.04 Å². The largest absolute Gasteiger partial charge is 0.332 e. The summed E-state index contributed by atoms with van der Waals surface area (Å²) in [6.07, 6.45) is 1.61. The molecule has 0 bridgehead atoms. The van der Waals surface area contributed by atoms with Crippen LogP contribution < -0.4 is 4.72 Å². The van der Waals surface area contributed by atoms with Gasteiger partial charge in [0.05, 0.1) is 6.26 Å². The lowest BCUT2D eigenvalue weighted by atomic mass is 9.87. The Labute approximate surface area is 169 Å². The monoisotopic (exact) mass is 422 g/mol. The molecule has 1 heterocycles. The molecule has 8 heteroatoms. The number of amides is 1. The SMILES string of the molecule is CC(=O)N1CCC[C@H](NS(C)(=O)=O)[C@@H]1C(F)(F)c1cccc(-c2ccccc2)c1. The van der Waals surface area contributed by atoms with E-state index < -0.39 is 33.9 Å². The molecule has 0 saturated carbocycles. The number of alkyl halides is 2. The van der Waals surface area contributed by atoms with Crippen LogP contribution in [0.4, 0.5) is 8.78 Å². The van der Waals surface area contributed by atoms with E-state index in [4.69, 9.17) is 0 Å². The quantitative estimate of drug-likeness (QED) is 0.803. The molecule has 0 spiro atoms. The molecule has 3 rings (SSSR count). The topological polar surface area (TPSA) is 66.5 Å². The van der Waals surface area contributed by atoms with Crippen molar-refractivity contribution in [2.45, 2.75) is 37.8 Å². The highest BCUT2D eigenvalue weighted by molar-refractivity contribution is 7.88. The second-order valence-corrected chi connectivity index (χ2v) is 9.15. The summed E-state index contributed by atoms with van der Waals surface area (Å²) in [6.45, 7) is 1.39. The molecule has 1 aliphatic heterocycles. The fourth-order valence-corrected chi connectivity index (χ4v) is 4.70. The first-order valence-electron chi connectivity index (χ1n) is 9.38. The van der Waals surface area contributed by atoms with E-state index in [2.05, 4.69) is 4.72 Å². The average molecular weight is 422 g/mol. The molecule has 0 radical (unpaired) electrons. The average Bonchev–Trinajstić information content (AvgIpc) is 2.67. The predicted octanol–water partition coefficient (Wildman–Crippen LogP) is 3.37. The number of carbonyl (C=O) groups is 1. The van der Waals surface area contributed by atoms with E-state index in [-0.39, 0.29) is 18.5 Å². The number of hydrogen-bond acceptors (Lipinski definition) is 3. The van der Waals surface area contributed by atoms with Crippen LogP contribution in [0.3, 0.4) is 0 Å².